The van der Waals surface area contributed by atoms with E-state index in [-0.39, 0.29) is 12.5 Å². The lowest BCUT2D eigenvalue weighted by molar-refractivity contribution is -0.135. The van der Waals surface area contributed by atoms with Crippen molar-refractivity contribution in [1.82, 2.24) is 0 Å². The fourth-order valence-electron chi connectivity index (χ4n) is 2.42. The standard InChI is InChI=1S/C15H20N2O3/c1-10(2)11-4-5-12-13(8-11)17(9-15(19)20)7-6-14(18)16(12)3/h4-5,8,10H,6-7,9H2,1-3H3,(H,19,20). The molecule has 5 heteroatoms. The highest BCUT2D eigenvalue weighted by atomic mass is 16.4. The van der Waals surface area contributed by atoms with Gasteiger partial charge in [0.2, 0.25) is 5.91 Å². The minimum atomic E-state index is -0.886. The van der Waals surface area contributed by atoms with Crippen LogP contribution in [0.4, 0.5) is 11.4 Å². The molecule has 1 aromatic rings. The average molecular weight is 276 g/mol. The van der Waals surface area contributed by atoms with Gasteiger partial charge in [-0.1, -0.05) is 19.9 Å². The van der Waals surface area contributed by atoms with Gasteiger partial charge in [-0.05, 0) is 23.6 Å². The topological polar surface area (TPSA) is 60.9 Å². The molecule has 108 valence electrons. The Hall–Kier alpha value is -2.04. The number of rotatable bonds is 3. The van der Waals surface area contributed by atoms with Crippen molar-refractivity contribution < 1.29 is 14.7 Å². The SMILES string of the molecule is CC(C)c1ccc2c(c1)N(CC(=O)O)CCC(=O)N2C. The van der Waals surface area contributed by atoms with Crippen LogP contribution in [0.1, 0.15) is 31.7 Å². The maximum atomic E-state index is 12.0. The van der Waals surface area contributed by atoms with E-state index in [0.29, 0.717) is 18.9 Å². The first kappa shape index (κ1) is 14.4. The molecule has 20 heavy (non-hydrogen) atoms. The zero-order valence-electron chi connectivity index (χ0n) is 12.1. The molecule has 0 fully saturated rings. The highest BCUT2D eigenvalue weighted by Crippen LogP contribution is 2.34. The van der Waals surface area contributed by atoms with Gasteiger partial charge in [-0.25, -0.2) is 0 Å². The van der Waals surface area contributed by atoms with E-state index >= 15 is 0 Å². The number of benzene rings is 1. The van der Waals surface area contributed by atoms with Crippen LogP contribution in [0, 0.1) is 0 Å². The summed E-state index contributed by atoms with van der Waals surface area (Å²) in [6.07, 6.45) is 0.329. The molecule has 0 saturated carbocycles. The predicted molar refractivity (Wildman–Crippen MR) is 78.4 cm³/mol. The van der Waals surface area contributed by atoms with Crippen molar-refractivity contribution in [2.75, 3.05) is 29.9 Å². The summed E-state index contributed by atoms with van der Waals surface area (Å²) in [5, 5.41) is 9.05. The van der Waals surface area contributed by atoms with Crippen molar-refractivity contribution in [3.8, 4) is 0 Å². The summed E-state index contributed by atoms with van der Waals surface area (Å²) in [6.45, 7) is 4.53. The first-order chi connectivity index (χ1) is 9.40. The van der Waals surface area contributed by atoms with Crippen LogP contribution in [0.15, 0.2) is 18.2 Å². The molecular weight excluding hydrogens is 256 g/mol. The molecule has 1 aliphatic rings. The first-order valence-electron chi connectivity index (χ1n) is 6.77. The molecule has 2 rings (SSSR count). The van der Waals surface area contributed by atoms with Crippen LogP contribution < -0.4 is 9.80 Å². The summed E-state index contributed by atoms with van der Waals surface area (Å²) in [7, 11) is 1.74. The third-order valence-electron chi connectivity index (χ3n) is 3.66. The van der Waals surface area contributed by atoms with Gasteiger partial charge in [-0.2, -0.15) is 0 Å². The van der Waals surface area contributed by atoms with E-state index in [9.17, 15) is 9.59 Å². The van der Waals surface area contributed by atoms with E-state index in [2.05, 4.69) is 13.8 Å². The van der Waals surface area contributed by atoms with Gasteiger partial charge in [0, 0.05) is 20.0 Å². The minimum absolute atomic E-state index is 0.0106. The Balaban J connectivity index is 2.50. The third-order valence-corrected chi connectivity index (χ3v) is 3.66. The van der Waals surface area contributed by atoms with Gasteiger partial charge in [0.15, 0.2) is 0 Å². The Kier molecular flexibility index (Phi) is 3.97. The zero-order chi connectivity index (χ0) is 14.9. The molecule has 1 aromatic carbocycles. The second-order valence-corrected chi connectivity index (χ2v) is 5.42. The number of fused-ring (bicyclic) bond motifs is 1. The Morgan fingerprint density at radius 3 is 2.65 bits per heavy atom. The maximum absolute atomic E-state index is 12.0. The van der Waals surface area contributed by atoms with Gasteiger partial charge in [0.25, 0.3) is 0 Å². The molecule has 1 amide bonds. The molecule has 1 N–H and O–H groups in total. The van der Waals surface area contributed by atoms with Crippen LogP contribution >= 0.6 is 0 Å². The summed E-state index contributed by atoms with van der Waals surface area (Å²) >= 11 is 0. The molecule has 1 aliphatic heterocycles. The number of hydrogen-bond acceptors (Lipinski definition) is 3. The first-order valence-corrected chi connectivity index (χ1v) is 6.77. The van der Waals surface area contributed by atoms with Gasteiger partial charge in [-0.3, -0.25) is 9.59 Å². The highest BCUT2D eigenvalue weighted by molar-refractivity contribution is 5.98. The smallest absolute Gasteiger partial charge is 0.323 e. The lowest BCUT2D eigenvalue weighted by atomic mass is 10.0. The van der Waals surface area contributed by atoms with E-state index in [4.69, 9.17) is 5.11 Å². The number of hydrogen-bond donors (Lipinski definition) is 1. The number of carboxylic acid groups (broad SMARTS) is 1. The van der Waals surface area contributed by atoms with Crippen LogP contribution in [0.2, 0.25) is 0 Å². The largest absolute Gasteiger partial charge is 0.480 e. The Bertz CT molecular complexity index is 540. The van der Waals surface area contributed by atoms with Gasteiger partial charge in [0.1, 0.15) is 6.54 Å². The van der Waals surface area contributed by atoms with Crippen molar-refractivity contribution in [2.45, 2.75) is 26.2 Å². The molecule has 5 nitrogen and oxygen atoms in total. The predicted octanol–water partition coefficient (Wildman–Crippen LogP) is 2.07. The molecular formula is C15H20N2O3. The summed E-state index contributed by atoms with van der Waals surface area (Å²) in [5.41, 5.74) is 2.74. The maximum Gasteiger partial charge on any atom is 0.323 e. The normalized spacial score (nSPS) is 15.3. The second kappa shape index (κ2) is 5.53. The molecule has 0 spiro atoms. The molecule has 1 heterocycles. The molecule has 0 bridgehead atoms. The van der Waals surface area contributed by atoms with Gasteiger partial charge >= 0.3 is 5.97 Å². The average Bonchev–Trinajstić information content (AvgIpc) is 2.50. The molecule has 0 aromatic heterocycles. The van der Waals surface area contributed by atoms with Crippen LogP contribution in [0.3, 0.4) is 0 Å². The third kappa shape index (κ3) is 2.76. The number of aliphatic carboxylic acids is 1. The monoisotopic (exact) mass is 276 g/mol. The van der Waals surface area contributed by atoms with Crippen molar-refractivity contribution in [3.63, 3.8) is 0 Å². The number of anilines is 2. The zero-order valence-corrected chi connectivity index (χ0v) is 12.1. The fraction of sp³-hybridized carbons (Fsp3) is 0.467. The molecule has 0 saturated heterocycles. The van der Waals surface area contributed by atoms with Gasteiger partial charge in [0.05, 0.1) is 11.4 Å². The van der Waals surface area contributed by atoms with Crippen molar-refractivity contribution in [2.24, 2.45) is 0 Å². The van der Waals surface area contributed by atoms with E-state index in [1.54, 1.807) is 16.8 Å². The van der Waals surface area contributed by atoms with Crippen LogP contribution in [0.5, 0.6) is 0 Å². The number of amides is 1. The Labute approximate surface area is 118 Å². The number of carbonyl (C=O) groups is 2. The number of nitrogens with zero attached hydrogens (tertiary/aromatic N) is 2. The fourth-order valence-corrected chi connectivity index (χ4v) is 2.42. The Morgan fingerprint density at radius 1 is 1.35 bits per heavy atom. The quantitative estimate of drug-likeness (QED) is 0.918. The Morgan fingerprint density at radius 2 is 2.05 bits per heavy atom. The molecule has 0 atom stereocenters. The molecule has 0 unspecified atom stereocenters. The minimum Gasteiger partial charge on any atom is -0.480 e. The highest BCUT2D eigenvalue weighted by Gasteiger charge is 2.25. The van der Waals surface area contributed by atoms with Gasteiger partial charge < -0.3 is 14.9 Å². The summed E-state index contributed by atoms with van der Waals surface area (Å²) in [6, 6.07) is 5.90. The summed E-state index contributed by atoms with van der Waals surface area (Å²) in [5.74, 6) is -0.518. The second-order valence-electron chi connectivity index (χ2n) is 5.42. The van der Waals surface area contributed by atoms with E-state index in [1.807, 2.05) is 18.2 Å². The van der Waals surface area contributed by atoms with E-state index < -0.39 is 5.97 Å². The van der Waals surface area contributed by atoms with Crippen LogP contribution in [0.25, 0.3) is 0 Å². The van der Waals surface area contributed by atoms with E-state index in [0.717, 1.165) is 16.9 Å². The van der Waals surface area contributed by atoms with Crippen molar-refractivity contribution in [3.05, 3.63) is 23.8 Å². The van der Waals surface area contributed by atoms with Crippen molar-refractivity contribution in [1.29, 1.82) is 0 Å². The van der Waals surface area contributed by atoms with Crippen LogP contribution in [-0.4, -0.2) is 37.1 Å². The lowest BCUT2D eigenvalue weighted by Crippen LogP contribution is -2.30. The van der Waals surface area contributed by atoms with Gasteiger partial charge in [-0.15, -0.1) is 0 Å². The summed E-state index contributed by atoms with van der Waals surface area (Å²) in [4.78, 5) is 26.4. The molecule has 0 radical (unpaired) electrons. The number of carbonyl (C=O) groups excluding carboxylic acids is 1. The molecule has 0 aliphatic carbocycles. The summed E-state index contributed by atoms with van der Waals surface area (Å²) < 4.78 is 0. The van der Waals surface area contributed by atoms with Crippen molar-refractivity contribution >= 4 is 23.3 Å². The van der Waals surface area contributed by atoms with E-state index in [1.165, 1.54) is 0 Å². The lowest BCUT2D eigenvalue weighted by Gasteiger charge is -2.25. The van der Waals surface area contributed by atoms with Crippen LogP contribution in [-0.2, 0) is 9.59 Å². The number of carboxylic acids is 1.